The Bertz CT molecular complexity index is 1720. The summed E-state index contributed by atoms with van der Waals surface area (Å²) < 4.78 is 38.2. The molecule has 3 heterocycles. The number of fused-ring (bicyclic) bond motifs is 1. The van der Waals surface area contributed by atoms with E-state index in [0.29, 0.717) is 5.56 Å². The zero-order valence-electron chi connectivity index (χ0n) is 25.8. The summed E-state index contributed by atoms with van der Waals surface area (Å²) in [5, 5.41) is 84.5. The van der Waals surface area contributed by atoms with Crippen LogP contribution in [0.4, 0.5) is 0 Å². The van der Waals surface area contributed by atoms with E-state index in [4.69, 9.17) is 32.8 Å². The first kappa shape index (κ1) is 35.8. The van der Waals surface area contributed by atoms with Crippen molar-refractivity contribution in [1.82, 2.24) is 0 Å². The molecule has 5 rings (SSSR count). The molecule has 0 amide bonds. The van der Waals surface area contributed by atoms with Crippen LogP contribution in [0.25, 0.3) is 22.3 Å². The van der Waals surface area contributed by atoms with Gasteiger partial charge in [-0.1, -0.05) is 0 Å². The largest absolute Gasteiger partial charge is 0.508 e. The molecule has 0 saturated carbocycles. The Kier molecular flexibility index (Phi) is 10.6. The van der Waals surface area contributed by atoms with Crippen LogP contribution in [-0.4, -0.2) is 127 Å². The van der Waals surface area contributed by atoms with Gasteiger partial charge < -0.3 is 73.7 Å². The third-order valence-corrected chi connectivity index (χ3v) is 7.82. The highest BCUT2D eigenvalue weighted by Gasteiger charge is 2.52. The molecule has 0 bridgehead atoms. The van der Waals surface area contributed by atoms with Crippen LogP contribution in [0, 0.1) is 0 Å². The molecule has 1 aromatic heterocycles. The van der Waals surface area contributed by atoms with Gasteiger partial charge in [0.15, 0.2) is 29.2 Å². The van der Waals surface area contributed by atoms with Crippen LogP contribution >= 0.6 is 0 Å². The second-order valence-corrected chi connectivity index (χ2v) is 11.3. The lowest BCUT2D eigenvalue weighted by atomic mass is 9.97. The van der Waals surface area contributed by atoms with Crippen LogP contribution < -0.4 is 10.2 Å². The molecule has 3 aromatic rings. The van der Waals surface area contributed by atoms with E-state index in [0.717, 1.165) is 26.0 Å². The average molecular weight is 695 g/mol. The zero-order valence-corrected chi connectivity index (χ0v) is 25.8. The molecule has 18 heteroatoms. The van der Waals surface area contributed by atoms with Crippen molar-refractivity contribution in [2.45, 2.75) is 75.3 Å². The van der Waals surface area contributed by atoms with Gasteiger partial charge in [-0.15, -0.1) is 0 Å². The van der Waals surface area contributed by atoms with E-state index in [-0.39, 0.29) is 11.5 Å². The van der Waals surface area contributed by atoms with Crippen LogP contribution in [0.5, 0.6) is 23.0 Å². The molecule has 8 N–H and O–H groups in total. The molecule has 4 unspecified atom stereocenters. The van der Waals surface area contributed by atoms with Crippen LogP contribution in [0.15, 0.2) is 45.6 Å². The number of ether oxygens (including phenoxy) is 6. The standard InChI is InChI=1S/C31H34O18/c1-11(32)43-9-19-22(37)25(40)27(42)30(47-19)49-29-26(41)23(38)20(10-44-12(2)33)48-31(29)46-18-8-16(36)21-15(35)7-17(45-28(21)24(18)39)13-3-5-14(34)6-4-13/h3-8,19-20,22-23,25-27,29-31,34,36-42H,9-10H2,1-2H3/t19?,20?,22-,23-,25+,26+,27?,29?,30+,31-/m1/s1. The number of carbonyl (C=O) groups excluding carboxylic acids is 2. The highest BCUT2D eigenvalue weighted by Crippen LogP contribution is 2.42. The molecule has 0 radical (unpaired) electrons. The summed E-state index contributed by atoms with van der Waals surface area (Å²) in [4.78, 5) is 35.7. The predicted molar refractivity (Wildman–Crippen MR) is 159 cm³/mol. The monoisotopic (exact) mass is 694 g/mol. The normalized spacial score (nSPS) is 30.1. The summed E-state index contributed by atoms with van der Waals surface area (Å²) in [5.41, 5.74) is -0.972. The summed E-state index contributed by atoms with van der Waals surface area (Å²) in [6.07, 6.45) is -18.0. The van der Waals surface area contributed by atoms with Crippen LogP contribution in [0.1, 0.15) is 13.8 Å². The van der Waals surface area contributed by atoms with Gasteiger partial charge in [0, 0.05) is 31.5 Å². The van der Waals surface area contributed by atoms with E-state index in [2.05, 4.69) is 0 Å². The van der Waals surface area contributed by atoms with Crippen molar-refractivity contribution in [3.8, 4) is 34.3 Å². The fourth-order valence-electron chi connectivity index (χ4n) is 5.27. The molecule has 2 fully saturated rings. The number of rotatable bonds is 9. The number of phenolic OH excluding ortho intramolecular Hbond substituents is 3. The number of carbonyl (C=O) groups is 2. The van der Waals surface area contributed by atoms with Crippen molar-refractivity contribution in [3.63, 3.8) is 0 Å². The van der Waals surface area contributed by atoms with Gasteiger partial charge in [0.2, 0.25) is 12.0 Å². The maximum absolute atomic E-state index is 13.0. The first-order chi connectivity index (χ1) is 23.2. The fraction of sp³-hybridized carbons (Fsp3) is 0.452. The smallest absolute Gasteiger partial charge is 0.302 e. The van der Waals surface area contributed by atoms with Gasteiger partial charge in [-0.2, -0.15) is 0 Å². The summed E-state index contributed by atoms with van der Waals surface area (Å²) >= 11 is 0. The van der Waals surface area contributed by atoms with Gasteiger partial charge in [-0.05, 0) is 24.3 Å². The molecule has 266 valence electrons. The Balaban J connectivity index is 1.51. The lowest BCUT2D eigenvalue weighted by Gasteiger charge is -2.46. The van der Waals surface area contributed by atoms with Crippen molar-refractivity contribution in [1.29, 1.82) is 0 Å². The fourth-order valence-corrected chi connectivity index (χ4v) is 5.27. The van der Waals surface area contributed by atoms with Crippen molar-refractivity contribution < 1.29 is 83.3 Å². The molecule has 2 aliphatic rings. The topological polar surface area (TPSA) is 282 Å². The number of hydrogen-bond donors (Lipinski definition) is 8. The van der Waals surface area contributed by atoms with Gasteiger partial charge in [-0.3, -0.25) is 14.4 Å². The zero-order chi connectivity index (χ0) is 35.7. The lowest BCUT2D eigenvalue weighted by molar-refractivity contribution is -0.358. The van der Waals surface area contributed by atoms with E-state index in [1.807, 2.05) is 0 Å². The van der Waals surface area contributed by atoms with Crippen molar-refractivity contribution >= 4 is 22.9 Å². The van der Waals surface area contributed by atoms with Gasteiger partial charge in [-0.25, -0.2) is 0 Å². The first-order valence-corrected chi connectivity index (χ1v) is 14.8. The highest BCUT2D eigenvalue weighted by molar-refractivity contribution is 5.91. The number of esters is 2. The molecule has 0 spiro atoms. The van der Waals surface area contributed by atoms with Crippen LogP contribution in [0.2, 0.25) is 0 Å². The molecule has 10 atom stereocenters. The minimum atomic E-state index is -1.97. The van der Waals surface area contributed by atoms with Crippen molar-refractivity contribution in [2.75, 3.05) is 13.2 Å². The summed E-state index contributed by atoms with van der Waals surface area (Å²) in [7, 11) is 0. The van der Waals surface area contributed by atoms with Crippen molar-refractivity contribution in [3.05, 3.63) is 46.6 Å². The first-order valence-electron chi connectivity index (χ1n) is 14.8. The van der Waals surface area contributed by atoms with Crippen molar-refractivity contribution in [2.24, 2.45) is 0 Å². The number of aromatic hydroxyl groups is 3. The van der Waals surface area contributed by atoms with E-state index >= 15 is 0 Å². The molecular formula is C31H34O18. The molecule has 49 heavy (non-hydrogen) atoms. The number of aliphatic hydroxyl groups excluding tert-OH is 5. The molecular weight excluding hydrogens is 660 g/mol. The third-order valence-electron chi connectivity index (χ3n) is 7.82. The van der Waals surface area contributed by atoms with Gasteiger partial charge in [0.05, 0.1) is 0 Å². The molecule has 2 aromatic carbocycles. The summed E-state index contributed by atoms with van der Waals surface area (Å²) in [5.74, 6) is -3.78. The summed E-state index contributed by atoms with van der Waals surface area (Å²) in [6.45, 7) is 0.991. The molecule has 2 aliphatic heterocycles. The third kappa shape index (κ3) is 7.56. The Morgan fingerprint density at radius 2 is 1.33 bits per heavy atom. The molecule has 0 aliphatic carbocycles. The molecule has 2 saturated heterocycles. The Hall–Kier alpha value is -4.53. The second kappa shape index (κ2) is 14.5. The van der Waals surface area contributed by atoms with E-state index in [1.54, 1.807) is 0 Å². The Labute approximate surface area is 275 Å². The second-order valence-electron chi connectivity index (χ2n) is 11.3. The number of benzene rings is 2. The Morgan fingerprint density at radius 1 is 0.755 bits per heavy atom. The minimum absolute atomic E-state index is 0.0630. The molecule has 18 nitrogen and oxygen atoms in total. The van der Waals surface area contributed by atoms with Gasteiger partial charge in [0.25, 0.3) is 0 Å². The number of hydrogen-bond acceptors (Lipinski definition) is 18. The predicted octanol–water partition coefficient (Wildman–Crippen LogP) is -1.28. The van der Waals surface area contributed by atoms with Gasteiger partial charge >= 0.3 is 11.9 Å². The average Bonchev–Trinajstić information content (AvgIpc) is 3.05. The number of aliphatic hydroxyl groups is 5. The van der Waals surface area contributed by atoms with E-state index in [9.17, 15) is 55.2 Å². The Morgan fingerprint density at radius 3 is 1.92 bits per heavy atom. The maximum Gasteiger partial charge on any atom is 0.302 e. The van der Waals surface area contributed by atoms with E-state index < -0.39 is 120 Å². The van der Waals surface area contributed by atoms with Crippen LogP contribution in [0.3, 0.4) is 0 Å². The summed E-state index contributed by atoms with van der Waals surface area (Å²) in [6, 6.07) is 7.39. The lowest BCUT2D eigenvalue weighted by Crippen LogP contribution is -2.65. The number of phenols is 3. The maximum atomic E-state index is 13.0. The van der Waals surface area contributed by atoms with Crippen LogP contribution in [-0.2, 0) is 33.3 Å². The quantitative estimate of drug-likeness (QED) is 0.0956. The van der Waals surface area contributed by atoms with Gasteiger partial charge in [0.1, 0.15) is 78.6 Å². The minimum Gasteiger partial charge on any atom is -0.508 e. The SMILES string of the molecule is CC(=O)OCC1O[C@@H](OC2[C@H](Oc3cc(O)c4c(=O)cc(-c5ccc(O)cc5)oc4c3O)OC(COC(C)=O)[C@@H](O)[C@@H]2O)C(O)[C@@H](O)[C@@H]1O. The van der Waals surface area contributed by atoms with E-state index in [1.165, 1.54) is 24.3 Å². The highest BCUT2D eigenvalue weighted by atomic mass is 16.8.